The van der Waals surface area contributed by atoms with Gasteiger partial charge >= 0.3 is 5.97 Å². The Morgan fingerprint density at radius 3 is 2.50 bits per heavy atom. The van der Waals surface area contributed by atoms with Crippen LogP contribution in [0.4, 0.5) is 0 Å². The minimum absolute atomic E-state index is 0.210. The summed E-state index contributed by atoms with van der Waals surface area (Å²) in [4.78, 5) is 10.9. The van der Waals surface area contributed by atoms with Crippen molar-refractivity contribution in [1.29, 1.82) is 10.5 Å². The Kier molecular flexibility index (Phi) is 7.17. The zero-order valence-corrected chi connectivity index (χ0v) is 8.32. The summed E-state index contributed by atoms with van der Waals surface area (Å²) in [6, 6.07) is 3.78. The molecule has 0 atom stereocenters. The van der Waals surface area contributed by atoms with Crippen LogP contribution in [0.1, 0.15) is 32.6 Å². The molecule has 4 heteroatoms. The van der Waals surface area contributed by atoms with Crippen molar-refractivity contribution in [3.8, 4) is 12.1 Å². The van der Waals surface area contributed by atoms with E-state index >= 15 is 0 Å². The van der Waals surface area contributed by atoms with Gasteiger partial charge in [0.15, 0.2) is 0 Å². The minimum Gasteiger partial charge on any atom is -0.466 e. The van der Waals surface area contributed by atoms with Gasteiger partial charge in [0.05, 0.1) is 18.7 Å². The number of nitriles is 2. The Bertz CT molecular complexity index is 236. The monoisotopic (exact) mass is 194 g/mol. The van der Waals surface area contributed by atoms with Gasteiger partial charge < -0.3 is 4.74 Å². The van der Waals surface area contributed by atoms with E-state index in [9.17, 15) is 4.79 Å². The molecule has 0 saturated carbocycles. The lowest BCUT2D eigenvalue weighted by molar-refractivity contribution is -0.143. The lowest BCUT2D eigenvalue weighted by Crippen LogP contribution is -2.03. The van der Waals surface area contributed by atoms with E-state index in [1.54, 1.807) is 6.92 Å². The van der Waals surface area contributed by atoms with Crippen molar-refractivity contribution in [2.45, 2.75) is 32.6 Å². The van der Waals surface area contributed by atoms with Crippen LogP contribution < -0.4 is 0 Å². The molecule has 0 fully saturated rings. The summed E-state index contributed by atoms with van der Waals surface area (Å²) in [5, 5.41) is 16.9. The van der Waals surface area contributed by atoms with E-state index in [0.717, 1.165) is 0 Å². The van der Waals surface area contributed by atoms with Crippen LogP contribution in [0.2, 0.25) is 0 Å². The number of unbranched alkanes of at least 4 members (excludes halogenated alkanes) is 1. The molecule has 0 aromatic carbocycles. The first-order valence-electron chi connectivity index (χ1n) is 4.69. The van der Waals surface area contributed by atoms with Crippen LogP contribution in [0.25, 0.3) is 0 Å². The Hall–Kier alpha value is -1.55. The molecule has 76 valence electrons. The first kappa shape index (κ1) is 12.4. The fraction of sp³-hybridized carbons (Fsp3) is 0.700. The standard InChI is InChI=1S/C10H14N2O2/c1-2-14-10(13)6-4-3-5-9(7-11)8-12/h9H,2-6H2,1H3. The molecule has 4 nitrogen and oxygen atoms in total. The third kappa shape index (κ3) is 6.02. The second kappa shape index (κ2) is 8.07. The third-order valence-corrected chi connectivity index (χ3v) is 1.74. The lowest BCUT2D eigenvalue weighted by atomic mass is 10.0. The minimum atomic E-state index is -0.544. The normalized spacial score (nSPS) is 9.14. The fourth-order valence-corrected chi connectivity index (χ4v) is 1.01. The smallest absolute Gasteiger partial charge is 0.305 e. The van der Waals surface area contributed by atoms with Gasteiger partial charge in [0.25, 0.3) is 0 Å². The number of esters is 1. The summed E-state index contributed by atoms with van der Waals surface area (Å²) in [5.74, 6) is -0.754. The molecule has 14 heavy (non-hydrogen) atoms. The summed E-state index contributed by atoms with van der Waals surface area (Å²) in [7, 11) is 0. The first-order valence-corrected chi connectivity index (χ1v) is 4.69. The quantitative estimate of drug-likeness (QED) is 0.477. The fourth-order valence-electron chi connectivity index (χ4n) is 1.01. The molecule has 0 bridgehead atoms. The van der Waals surface area contributed by atoms with Gasteiger partial charge in [-0.05, 0) is 19.8 Å². The van der Waals surface area contributed by atoms with Gasteiger partial charge in [-0.3, -0.25) is 4.79 Å². The zero-order chi connectivity index (χ0) is 10.8. The predicted molar refractivity (Wildman–Crippen MR) is 49.8 cm³/mol. The molecule has 0 spiro atoms. The molecule has 0 aromatic heterocycles. The van der Waals surface area contributed by atoms with Crippen molar-refractivity contribution in [3.63, 3.8) is 0 Å². The molecule has 0 aliphatic heterocycles. The highest BCUT2D eigenvalue weighted by molar-refractivity contribution is 5.69. The van der Waals surface area contributed by atoms with Gasteiger partial charge in [0.1, 0.15) is 5.92 Å². The SMILES string of the molecule is CCOC(=O)CCCCC(C#N)C#N. The maximum absolute atomic E-state index is 10.9. The second-order valence-electron chi connectivity index (χ2n) is 2.86. The lowest BCUT2D eigenvalue weighted by Gasteiger charge is -2.01. The van der Waals surface area contributed by atoms with E-state index in [2.05, 4.69) is 0 Å². The number of rotatable bonds is 6. The van der Waals surface area contributed by atoms with Gasteiger partial charge in [0.2, 0.25) is 0 Å². The summed E-state index contributed by atoms with van der Waals surface area (Å²) < 4.78 is 4.73. The number of ether oxygens (including phenoxy) is 1. The number of carbonyl (C=O) groups is 1. The van der Waals surface area contributed by atoms with Crippen molar-refractivity contribution in [1.82, 2.24) is 0 Å². The van der Waals surface area contributed by atoms with Gasteiger partial charge in [-0.1, -0.05) is 6.42 Å². The summed E-state index contributed by atoms with van der Waals surface area (Å²) in [6.07, 6.45) is 2.30. The van der Waals surface area contributed by atoms with E-state index < -0.39 is 5.92 Å². The highest BCUT2D eigenvalue weighted by Crippen LogP contribution is 2.08. The van der Waals surface area contributed by atoms with E-state index in [-0.39, 0.29) is 5.97 Å². The highest BCUT2D eigenvalue weighted by atomic mass is 16.5. The average Bonchev–Trinajstić information content (AvgIpc) is 2.19. The first-order chi connectivity index (χ1) is 6.74. The third-order valence-electron chi connectivity index (χ3n) is 1.74. The van der Waals surface area contributed by atoms with Crippen LogP contribution in [-0.2, 0) is 9.53 Å². The predicted octanol–water partition coefficient (Wildman–Crippen LogP) is 1.77. The van der Waals surface area contributed by atoms with E-state index in [1.807, 2.05) is 12.1 Å². The molecule has 0 N–H and O–H groups in total. The summed E-state index contributed by atoms with van der Waals surface area (Å²) in [6.45, 7) is 2.16. The van der Waals surface area contributed by atoms with Crippen LogP contribution in [0.5, 0.6) is 0 Å². The number of nitrogens with zero attached hydrogens (tertiary/aromatic N) is 2. The van der Waals surface area contributed by atoms with Gasteiger partial charge in [0, 0.05) is 6.42 Å². The van der Waals surface area contributed by atoms with Crippen molar-refractivity contribution >= 4 is 5.97 Å². The Balaban J connectivity index is 3.43. The van der Waals surface area contributed by atoms with Crippen molar-refractivity contribution in [3.05, 3.63) is 0 Å². The summed E-state index contributed by atoms with van der Waals surface area (Å²) >= 11 is 0. The Morgan fingerprint density at radius 1 is 1.36 bits per heavy atom. The van der Waals surface area contributed by atoms with Crippen LogP contribution in [0, 0.1) is 28.6 Å². The molecule has 0 saturated heterocycles. The van der Waals surface area contributed by atoms with Gasteiger partial charge in [-0.15, -0.1) is 0 Å². The molecule has 0 aliphatic rings. The molecule has 0 heterocycles. The number of hydrogen-bond acceptors (Lipinski definition) is 4. The number of carbonyl (C=O) groups excluding carboxylic acids is 1. The van der Waals surface area contributed by atoms with E-state index in [4.69, 9.17) is 15.3 Å². The Labute approximate surface area is 84.1 Å². The van der Waals surface area contributed by atoms with Gasteiger partial charge in [-0.25, -0.2) is 0 Å². The maximum Gasteiger partial charge on any atom is 0.305 e. The van der Waals surface area contributed by atoms with E-state index in [1.165, 1.54) is 0 Å². The van der Waals surface area contributed by atoms with Crippen LogP contribution in [-0.4, -0.2) is 12.6 Å². The number of hydrogen-bond donors (Lipinski definition) is 0. The molecule has 0 aromatic rings. The molecule has 0 amide bonds. The Morgan fingerprint density at radius 2 is 2.00 bits per heavy atom. The average molecular weight is 194 g/mol. The van der Waals surface area contributed by atoms with Crippen molar-refractivity contribution in [2.75, 3.05) is 6.61 Å². The molecule has 0 unspecified atom stereocenters. The van der Waals surface area contributed by atoms with Crippen molar-refractivity contribution in [2.24, 2.45) is 5.92 Å². The zero-order valence-electron chi connectivity index (χ0n) is 8.32. The van der Waals surface area contributed by atoms with E-state index in [0.29, 0.717) is 32.3 Å². The topological polar surface area (TPSA) is 73.9 Å². The van der Waals surface area contributed by atoms with Gasteiger partial charge in [-0.2, -0.15) is 10.5 Å². The van der Waals surface area contributed by atoms with Crippen LogP contribution in [0.3, 0.4) is 0 Å². The second-order valence-corrected chi connectivity index (χ2v) is 2.86. The molecular weight excluding hydrogens is 180 g/mol. The molecular formula is C10H14N2O2. The maximum atomic E-state index is 10.9. The molecule has 0 rings (SSSR count). The summed E-state index contributed by atoms with van der Waals surface area (Å²) in [5.41, 5.74) is 0. The van der Waals surface area contributed by atoms with Crippen LogP contribution >= 0.6 is 0 Å². The largest absolute Gasteiger partial charge is 0.466 e. The molecule has 0 aliphatic carbocycles. The molecule has 0 radical (unpaired) electrons. The van der Waals surface area contributed by atoms with Crippen LogP contribution in [0.15, 0.2) is 0 Å². The highest BCUT2D eigenvalue weighted by Gasteiger charge is 2.06. The van der Waals surface area contributed by atoms with Crippen molar-refractivity contribution < 1.29 is 9.53 Å².